The van der Waals surface area contributed by atoms with E-state index in [1.54, 1.807) is 0 Å². The fourth-order valence-corrected chi connectivity index (χ4v) is 1.54. The van der Waals surface area contributed by atoms with Crippen molar-refractivity contribution in [2.45, 2.75) is 18.4 Å². The summed E-state index contributed by atoms with van der Waals surface area (Å²) in [4.78, 5) is 22.6. The Balaban J connectivity index is 2.21. The fraction of sp³-hybridized carbons (Fsp3) is 0.273. The molecule has 1 aliphatic rings. The van der Waals surface area contributed by atoms with Gasteiger partial charge in [-0.25, -0.2) is 9.18 Å². The second-order valence-corrected chi connectivity index (χ2v) is 4.04. The number of nitrogen functional groups attached to an aromatic ring is 1. The Morgan fingerprint density at radius 3 is 2.59 bits per heavy atom. The highest BCUT2D eigenvalue weighted by molar-refractivity contribution is 6.02. The number of amides is 1. The molecule has 6 heteroatoms. The molecule has 0 aromatic heterocycles. The van der Waals surface area contributed by atoms with E-state index in [1.807, 2.05) is 0 Å². The van der Waals surface area contributed by atoms with E-state index in [4.69, 9.17) is 10.8 Å². The minimum atomic E-state index is -1.20. The molecule has 0 unspecified atom stereocenters. The van der Waals surface area contributed by atoms with Gasteiger partial charge in [-0.3, -0.25) is 4.79 Å². The van der Waals surface area contributed by atoms with Crippen LogP contribution in [0.2, 0.25) is 0 Å². The first kappa shape index (κ1) is 11.4. The van der Waals surface area contributed by atoms with Gasteiger partial charge in [0.15, 0.2) is 0 Å². The summed E-state index contributed by atoms with van der Waals surface area (Å²) < 4.78 is 13.1. The molecule has 1 aromatic rings. The van der Waals surface area contributed by atoms with Crippen LogP contribution in [-0.4, -0.2) is 22.5 Å². The predicted octanol–water partition coefficient (Wildman–Crippen LogP) is 0.755. The average Bonchev–Trinajstić information content (AvgIpc) is 3.03. The molecule has 0 aliphatic heterocycles. The molecule has 0 heterocycles. The third-order valence-electron chi connectivity index (χ3n) is 2.81. The van der Waals surface area contributed by atoms with Crippen LogP contribution < -0.4 is 11.1 Å². The van der Waals surface area contributed by atoms with E-state index in [1.165, 1.54) is 12.1 Å². The maximum atomic E-state index is 13.1. The number of carbonyl (C=O) groups excluding carboxylic acids is 1. The van der Waals surface area contributed by atoms with Gasteiger partial charge in [0.25, 0.3) is 5.91 Å². The number of nitrogens with one attached hydrogen (secondary N) is 1. The highest BCUT2D eigenvalue weighted by atomic mass is 19.1. The number of anilines is 1. The van der Waals surface area contributed by atoms with Gasteiger partial charge in [-0.15, -0.1) is 0 Å². The SMILES string of the molecule is Nc1c(F)cccc1C(=O)NC1(C(=O)O)CC1. The van der Waals surface area contributed by atoms with Crippen molar-refractivity contribution in [3.63, 3.8) is 0 Å². The highest BCUT2D eigenvalue weighted by Gasteiger charge is 2.51. The first-order valence-corrected chi connectivity index (χ1v) is 5.06. The van der Waals surface area contributed by atoms with E-state index in [0.717, 1.165) is 6.07 Å². The molecule has 90 valence electrons. The van der Waals surface area contributed by atoms with Crippen LogP contribution in [0.5, 0.6) is 0 Å². The molecule has 1 fully saturated rings. The number of carboxylic acid groups (broad SMARTS) is 1. The molecule has 2 rings (SSSR count). The number of nitrogens with two attached hydrogens (primary N) is 1. The fourth-order valence-electron chi connectivity index (χ4n) is 1.54. The Morgan fingerprint density at radius 2 is 2.06 bits per heavy atom. The maximum Gasteiger partial charge on any atom is 0.329 e. The lowest BCUT2D eigenvalue weighted by molar-refractivity contribution is -0.140. The number of carboxylic acids is 1. The predicted molar refractivity (Wildman–Crippen MR) is 57.9 cm³/mol. The molecule has 5 nitrogen and oxygen atoms in total. The lowest BCUT2D eigenvalue weighted by Gasteiger charge is -2.13. The lowest BCUT2D eigenvalue weighted by atomic mass is 10.1. The van der Waals surface area contributed by atoms with Gasteiger partial charge in [0.2, 0.25) is 0 Å². The summed E-state index contributed by atoms with van der Waals surface area (Å²) >= 11 is 0. The van der Waals surface area contributed by atoms with Crippen molar-refractivity contribution >= 4 is 17.6 Å². The zero-order valence-electron chi connectivity index (χ0n) is 8.87. The second-order valence-electron chi connectivity index (χ2n) is 4.04. The largest absolute Gasteiger partial charge is 0.480 e. The summed E-state index contributed by atoms with van der Waals surface area (Å²) in [7, 11) is 0. The van der Waals surface area contributed by atoms with Crippen LogP contribution in [0.4, 0.5) is 10.1 Å². The van der Waals surface area contributed by atoms with Crippen LogP contribution in [0, 0.1) is 5.82 Å². The zero-order valence-corrected chi connectivity index (χ0v) is 8.87. The summed E-state index contributed by atoms with van der Waals surface area (Å²) in [6, 6.07) is 3.84. The molecule has 4 N–H and O–H groups in total. The van der Waals surface area contributed by atoms with Gasteiger partial charge >= 0.3 is 5.97 Å². The first-order valence-electron chi connectivity index (χ1n) is 5.06. The molecule has 1 saturated carbocycles. The van der Waals surface area contributed by atoms with E-state index in [0.29, 0.717) is 12.8 Å². The first-order chi connectivity index (χ1) is 7.96. The number of hydrogen-bond acceptors (Lipinski definition) is 3. The van der Waals surface area contributed by atoms with Crippen molar-refractivity contribution in [3.8, 4) is 0 Å². The third-order valence-corrected chi connectivity index (χ3v) is 2.81. The van der Waals surface area contributed by atoms with Gasteiger partial charge in [-0.1, -0.05) is 6.07 Å². The standard InChI is InChI=1S/C11H11FN2O3/c12-7-3-1-2-6(8(7)13)9(15)14-11(4-5-11)10(16)17/h1-3H,4-5,13H2,(H,14,15)(H,16,17). The molecular weight excluding hydrogens is 227 g/mol. The Labute approximate surface area is 96.4 Å². The molecular formula is C11H11FN2O3. The normalized spacial score (nSPS) is 16.3. The van der Waals surface area contributed by atoms with Crippen molar-refractivity contribution in [1.29, 1.82) is 0 Å². The van der Waals surface area contributed by atoms with Crippen LogP contribution in [0.15, 0.2) is 18.2 Å². The van der Waals surface area contributed by atoms with Gasteiger partial charge in [0.05, 0.1) is 11.3 Å². The van der Waals surface area contributed by atoms with Crippen LogP contribution in [0.1, 0.15) is 23.2 Å². The van der Waals surface area contributed by atoms with Crippen LogP contribution >= 0.6 is 0 Å². The van der Waals surface area contributed by atoms with E-state index in [-0.39, 0.29) is 11.3 Å². The number of aliphatic carboxylic acids is 1. The van der Waals surface area contributed by atoms with Gasteiger partial charge in [0, 0.05) is 0 Å². The quantitative estimate of drug-likeness (QED) is 0.677. The van der Waals surface area contributed by atoms with E-state index in [9.17, 15) is 14.0 Å². The van der Waals surface area contributed by atoms with Crippen LogP contribution in [0.3, 0.4) is 0 Å². The van der Waals surface area contributed by atoms with Gasteiger partial charge in [-0.05, 0) is 25.0 Å². The van der Waals surface area contributed by atoms with Crippen molar-refractivity contribution in [3.05, 3.63) is 29.6 Å². The van der Waals surface area contributed by atoms with Crippen molar-refractivity contribution < 1.29 is 19.1 Å². The number of para-hydroxylation sites is 1. The van der Waals surface area contributed by atoms with E-state index in [2.05, 4.69) is 5.32 Å². The summed E-state index contributed by atoms with van der Waals surface area (Å²) in [6.07, 6.45) is 0.757. The molecule has 0 atom stereocenters. The van der Waals surface area contributed by atoms with Crippen molar-refractivity contribution in [2.75, 3.05) is 5.73 Å². The minimum absolute atomic E-state index is 0.0440. The Hall–Kier alpha value is -2.11. The summed E-state index contributed by atoms with van der Waals surface area (Å²) in [5.41, 5.74) is 3.90. The number of benzene rings is 1. The van der Waals surface area contributed by atoms with Crippen LogP contribution in [-0.2, 0) is 4.79 Å². The Morgan fingerprint density at radius 1 is 1.41 bits per heavy atom. The van der Waals surface area contributed by atoms with Crippen LogP contribution in [0.25, 0.3) is 0 Å². The maximum absolute atomic E-state index is 13.1. The zero-order chi connectivity index (χ0) is 12.6. The molecule has 17 heavy (non-hydrogen) atoms. The number of carbonyl (C=O) groups is 2. The summed E-state index contributed by atoms with van der Waals surface area (Å²) in [5.74, 6) is -2.44. The Bertz CT molecular complexity index is 497. The number of hydrogen-bond donors (Lipinski definition) is 3. The monoisotopic (exact) mass is 238 g/mol. The topological polar surface area (TPSA) is 92.4 Å². The van der Waals surface area contributed by atoms with E-state index >= 15 is 0 Å². The average molecular weight is 238 g/mol. The molecule has 0 bridgehead atoms. The Kier molecular flexibility index (Phi) is 2.49. The van der Waals surface area contributed by atoms with Gasteiger partial charge in [0.1, 0.15) is 11.4 Å². The van der Waals surface area contributed by atoms with Crippen molar-refractivity contribution in [1.82, 2.24) is 5.32 Å². The second kappa shape index (κ2) is 3.73. The molecule has 1 aliphatic carbocycles. The highest BCUT2D eigenvalue weighted by Crippen LogP contribution is 2.36. The minimum Gasteiger partial charge on any atom is -0.480 e. The van der Waals surface area contributed by atoms with Crippen molar-refractivity contribution in [2.24, 2.45) is 0 Å². The van der Waals surface area contributed by atoms with E-state index < -0.39 is 23.2 Å². The lowest BCUT2D eigenvalue weighted by Crippen LogP contribution is -2.43. The summed E-state index contributed by atoms with van der Waals surface area (Å²) in [6.45, 7) is 0. The van der Waals surface area contributed by atoms with Gasteiger partial charge < -0.3 is 16.2 Å². The molecule has 0 spiro atoms. The smallest absolute Gasteiger partial charge is 0.329 e. The molecule has 1 aromatic carbocycles. The third kappa shape index (κ3) is 1.93. The molecule has 0 saturated heterocycles. The molecule has 0 radical (unpaired) electrons. The van der Waals surface area contributed by atoms with Gasteiger partial charge in [-0.2, -0.15) is 0 Å². The number of halogens is 1. The summed E-state index contributed by atoms with van der Waals surface area (Å²) in [5, 5.41) is 11.3. The molecule has 1 amide bonds. The number of rotatable bonds is 3.